The zero-order chi connectivity index (χ0) is 19.6. The largest absolute Gasteiger partial charge is 0.496 e. The van der Waals surface area contributed by atoms with E-state index in [1.807, 2.05) is 36.4 Å². The summed E-state index contributed by atoms with van der Waals surface area (Å²) in [5, 5.41) is 1.79. The van der Waals surface area contributed by atoms with Gasteiger partial charge in [0.1, 0.15) is 5.75 Å². The molecule has 140 valence electrons. The van der Waals surface area contributed by atoms with Crippen molar-refractivity contribution in [1.82, 2.24) is 0 Å². The summed E-state index contributed by atoms with van der Waals surface area (Å²) in [5.74, 6) is 0.152. The lowest BCUT2D eigenvalue weighted by Crippen LogP contribution is -2.22. The highest BCUT2D eigenvalue weighted by molar-refractivity contribution is 5.99. The Balaban J connectivity index is 2.18. The number of ether oxygens (including phenoxy) is 1. The summed E-state index contributed by atoms with van der Waals surface area (Å²) in [7, 11) is 1.36. The van der Waals surface area contributed by atoms with Gasteiger partial charge in [0.05, 0.1) is 19.2 Å². The minimum Gasteiger partial charge on any atom is -0.496 e. The molecular formula is C20H18F3N3O. The Morgan fingerprint density at radius 2 is 1.67 bits per heavy atom. The summed E-state index contributed by atoms with van der Waals surface area (Å²) < 4.78 is 44.3. The third kappa shape index (κ3) is 3.81. The van der Waals surface area contributed by atoms with Crippen molar-refractivity contribution >= 4 is 16.7 Å². The zero-order valence-corrected chi connectivity index (χ0v) is 14.5. The van der Waals surface area contributed by atoms with E-state index >= 15 is 0 Å². The quantitative estimate of drug-likeness (QED) is 0.529. The van der Waals surface area contributed by atoms with E-state index < -0.39 is 11.7 Å². The monoisotopic (exact) mass is 373 g/mol. The van der Waals surface area contributed by atoms with Crippen LogP contribution in [0.2, 0.25) is 0 Å². The second-order valence-electron chi connectivity index (χ2n) is 5.97. The lowest BCUT2D eigenvalue weighted by molar-refractivity contribution is -0.137. The number of nitrogens with zero attached hydrogens (tertiary/aromatic N) is 1. The average molecular weight is 373 g/mol. The summed E-state index contributed by atoms with van der Waals surface area (Å²) >= 11 is 0. The molecule has 7 heteroatoms. The molecule has 0 fully saturated rings. The molecule has 3 rings (SSSR count). The van der Waals surface area contributed by atoms with Gasteiger partial charge in [0.2, 0.25) is 0 Å². The van der Waals surface area contributed by atoms with E-state index in [1.54, 1.807) is 0 Å². The van der Waals surface area contributed by atoms with Gasteiger partial charge in [0, 0.05) is 5.56 Å². The van der Waals surface area contributed by atoms with Gasteiger partial charge in [0.15, 0.2) is 5.96 Å². The Morgan fingerprint density at radius 3 is 2.33 bits per heavy atom. The van der Waals surface area contributed by atoms with Crippen molar-refractivity contribution in [3.63, 3.8) is 0 Å². The Bertz CT molecular complexity index is 1010. The summed E-state index contributed by atoms with van der Waals surface area (Å²) in [6, 6.07) is 14.8. The maximum atomic E-state index is 13.0. The second-order valence-corrected chi connectivity index (χ2v) is 5.97. The Labute approximate surface area is 154 Å². The van der Waals surface area contributed by atoms with Gasteiger partial charge < -0.3 is 16.2 Å². The first-order valence-corrected chi connectivity index (χ1v) is 8.13. The van der Waals surface area contributed by atoms with E-state index in [0.29, 0.717) is 12.1 Å². The first-order chi connectivity index (χ1) is 12.8. The predicted molar refractivity (Wildman–Crippen MR) is 100 cm³/mol. The highest BCUT2D eigenvalue weighted by Crippen LogP contribution is 2.39. The molecule has 0 radical (unpaired) electrons. The summed E-state index contributed by atoms with van der Waals surface area (Å²) in [4.78, 5) is 4.04. The van der Waals surface area contributed by atoms with Crippen molar-refractivity contribution in [2.45, 2.75) is 12.7 Å². The van der Waals surface area contributed by atoms with Crippen LogP contribution in [0.4, 0.5) is 13.2 Å². The molecule has 0 spiro atoms. The summed E-state index contributed by atoms with van der Waals surface area (Å²) in [5.41, 5.74) is 12.3. The maximum absolute atomic E-state index is 13.0. The molecule has 0 aliphatic carbocycles. The van der Waals surface area contributed by atoms with Gasteiger partial charge in [-0.15, -0.1) is 0 Å². The molecule has 4 nitrogen and oxygen atoms in total. The molecule has 3 aromatic rings. The highest BCUT2D eigenvalue weighted by Gasteiger charge is 2.31. The maximum Gasteiger partial charge on any atom is 0.416 e. The number of methoxy groups -OCH3 is 1. The van der Waals surface area contributed by atoms with Gasteiger partial charge in [-0.05, 0) is 34.0 Å². The van der Waals surface area contributed by atoms with Crippen molar-refractivity contribution in [2.75, 3.05) is 7.11 Å². The van der Waals surface area contributed by atoms with E-state index in [9.17, 15) is 13.2 Å². The molecule has 0 bridgehead atoms. The van der Waals surface area contributed by atoms with Crippen LogP contribution >= 0.6 is 0 Å². The molecule has 0 saturated carbocycles. The van der Waals surface area contributed by atoms with Crippen molar-refractivity contribution in [2.24, 2.45) is 16.5 Å². The minimum atomic E-state index is -4.43. The Kier molecular flexibility index (Phi) is 4.94. The van der Waals surface area contributed by atoms with Crippen molar-refractivity contribution in [1.29, 1.82) is 0 Å². The molecular weight excluding hydrogens is 355 g/mol. The van der Waals surface area contributed by atoms with Crippen LogP contribution in [0.15, 0.2) is 59.6 Å². The van der Waals surface area contributed by atoms with Crippen molar-refractivity contribution in [3.05, 3.63) is 65.7 Å². The van der Waals surface area contributed by atoms with Gasteiger partial charge >= 0.3 is 6.18 Å². The smallest absolute Gasteiger partial charge is 0.416 e. The number of halogens is 3. The van der Waals surface area contributed by atoms with Crippen LogP contribution in [0, 0.1) is 0 Å². The molecule has 3 aromatic carbocycles. The number of guanidine groups is 1. The van der Waals surface area contributed by atoms with Crippen LogP contribution in [0.5, 0.6) is 5.75 Å². The number of alkyl halides is 3. The Morgan fingerprint density at radius 1 is 0.963 bits per heavy atom. The molecule has 0 atom stereocenters. The molecule has 27 heavy (non-hydrogen) atoms. The predicted octanol–water partition coefficient (Wildman–Crippen LogP) is 4.31. The zero-order valence-electron chi connectivity index (χ0n) is 14.5. The third-order valence-corrected chi connectivity index (χ3v) is 4.26. The lowest BCUT2D eigenvalue weighted by Gasteiger charge is -2.15. The van der Waals surface area contributed by atoms with Crippen LogP contribution in [0.1, 0.15) is 11.1 Å². The molecule has 0 aliphatic rings. The second kappa shape index (κ2) is 7.19. The van der Waals surface area contributed by atoms with Gasteiger partial charge in [-0.3, -0.25) is 0 Å². The van der Waals surface area contributed by atoms with Crippen LogP contribution in [0.25, 0.3) is 21.9 Å². The number of fused-ring (bicyclic) bond motifs is 1. The van der Waals surface area contributed by atoms with Crippen LogP contribution in [0.3, 0.4) is 0 Å². The van der Waals surface area contributed by atoms with E-state index in [2.05, 4.69) is 4.99 Å². The van der Waals surface area contributed by atoms with Crippen LogP contribution in [-0.2, 0) is 12.7 Å². The topological polar surface area (TPSA) is 73.6 Å². The Hall–Kier alpha value is -3.22. The fraction of sp³-hybridized carbons (Fsp3) is 0.150. The van der Waals surface area contributed by atoms with Crippen LogP contribution in [-0.4, -0.2) is 13.1 Å². The third-order valence-electron chi connectivity index (χ3n) is 4.26. The first kappa shape index (κ1) is 18.6. The fourth-order valence-corrected chi connectivity index (χ4v) is 3.01. The summed E-state index contributed by atoms with van der Waals surface area (Å²) in [6.07, 6.45) is -4.43. The molecule has 0 aromatic heterocycles. The van der Waals surface area contributed by atoms with E-state index in [-0.39, 0.29) is 11.7 Å². The number of aliphatic imine (C=N–C) groups is 1. The minimum absolute atomic E-state index is 0.00688. The van der Waals surface area contributed by atoms with E-state index in [1.165, 1.54) is 13.2 Å². The van der Waals surface area contributed by atoms with E-state index in [4.69, 9.17) is 16.2 Å². The number of benzene rings is 3. The number of rotatable bonds is 4. The number of nitrogens with two attached hydrogens (primary N) is 2. The van der Waals surface area contributed by atoms with Gasteiger partial charge in [-0.2, -0.15) is 13.2 Å². The van der Waals surface area contributed by atoms with Crippen molar-refractivity contribution < 1.29 is 17.9 Å². The first-order valence-electron chi connectivity index (χ1n) is 8.13. The molecule has 0 unspecified atom stereocenters. The van der Waals surface area contributed by atoms with Gasteiger partial charge in [-0.25, -0.2) is 4.99 Å². The molecule has 0 amide bonds. The summed E-state index contributed by atoms with van der Waals surface area (Å²) in [6.45, 7) is 0.313. The normalized spacial score (nSPS) is 11.4. The number of hydrogen-bond donors (Lipinski definition) is 2. The standard InChI is InChI=1S/C20H18F3N3O/c1-27-18-10-13(20(21,22)23)8-9-17(18)16-7-3-5-14-12(11-26-19(24)25)4-2-6-15(14)16/h2-10H,11H2,1H3,(H4,24,25,26). The molecule has 0 aliphatic heterocycles. The van der Waals surface area contributed by atoms with Gasteiger partial charge in [0.25, 0.3) is 0 Å². The molecule has 4 N–H and O–H groups in total. The molecule has 0 heterocycles. The number of hydrogen-bond acceptors (Lipinski definition) is 2. The molecule has 0 saturated heterocycles. The highest BCUT2D eigenvalue weighted by atomic mass is 19.4. The lowest BCUT2D eigenvalue weighted by atomic mass is 9.94. The van der Waals surface area contributed by atoms with Gasteiger partial charge in [-0.1, -0.05) is 42.5 Å². The van der Waals surface area contributed by atoms with Crippen molar-refractivity contribution in [3.8, 4) is 16.9 Å². The average Bonchev–Trinajstić information content (AvgIpc) is 2.64. The fourth-order valence-electron chi connectivity index (χ4n) is 3.01. The van der Waals surface area contributed by atoms with E-state index in [0.717, 1.165) is 34.0 Å². The SMILES string of the molecule is COc1cc(C(F)(F)F)ccc1-c1cccc2c(CN=C(N)N)cccc12. The van der Waals surface area contributed by atoms with Crippen LogP contribution < -0.4 is 16.2 Å².